The molecule has 3 aliphatic rings. The lowest BCUT2D eigenvalue weighted by Crippen LogP contribution is -2.82. The zero-order chi connectivity index (χ0) is 15.3. The second-order valence-electron chi connectivity index (χ2n) is 7.66. The fraction of sp³-hybridized carbons (Fsp3) is 0.941. The van der Waals surface area contributed by atoms with E-state index in [1.807, 2.05) is 0 Å². The molecule has 0 aromatic carbocycles. The lowest BCUT2D eigenvalue weighted by Gasteiger charge is -2.66. The Morgan fingerprint density at radius 1 is 1.24 bits per heavy atom. The van der Waals surface area contributed by atoms with Crippen molar-refractivity contribution >= 4 is 5.91 Å². The molecule has 0 aromatic rings. The van der Waals surface area contributed by atoms with Crippen molar-refractivity contribution in [3.8, 4) is 0 Å². The summed E-state index contributed by atoms with van der Waals surface area (Å²) in [6.45, 7) is 7.89. The minimum atomic E-state index is -0.739. The molecule has 120 valence electrons. The molecular formula is C17H30N2O2. The summed E-state index contributed by atoms with van der Waals surface area (Å²) in [5.74, 6) is 0.373. The van der Waals surface area contributed by atoms with E-state index in [2.05, 4.69) is 25.7 Å². The van der Waals surface area contributed by atoms with Crippen LogP contribution in [-0.4, -0.2) is 41.6 Å². The maximum atomic E-state index is 13.3. The maximum Gasteiger partial charge on any atom is 0.243 e. The van der Waals surface area contributed by atoms with Gasteiger partial charge in [-0.15, -0.1) is 0 Å². The van der Waals surface area contributed by atoms with Crippen molar-refractivity contribution in [1.82, 2.24) is 4.90 Å². The number of likely N-dealkylation sites (N-methyl/N-ethyl adjacent to an activating group) is 1. The molecule has 4 nitrogen and oxygen atoms in total. The van der Waals surface area contributed by atoms with Gasteiger partial charge in [0.2, 0.25) is 5.91 Å². The van der Waals surface area contributed by atoms with Crippen molar-refractivity contribution in [2.45, 2.75) is 77.0 Å². The minimum Gasteiger partial charge on any atom is -0.377 e. The highest BCUT2D eigenvalue weighted by Gasteiger charge is 2.71. The lowest BCUT2D eigenvalue weighted by molar-refractivity contribution is -0.231. The highest BCUT2D eigenvalue weighted by atomic mass is 16.5. The Balaban J connectivity index is 1.84. The Labute approximate surface area is 128 Å². The van der Waals surface area contributed by atoms with Crippen LogP contribution in [0.4, 0.5) is 0 Å². The number of nitrogens with two attached hydrogens (primary N) is 1. The van der Waals surface area contributed by atoms with Crippen LogP contribution in [0.1, 0.15) is 59.3 Å². The van der Waals surface area contributed by atoms with Crippen LogP contribution >= 0.6 is 0 Å². The first-order valence-corrected chi connectivity index (χ1v) is 8.66. The Morgan fingerprint density at radius 3 is 2.52 bits per heavy atom. The molecule has 3 atom stereocenters. The quantitative estimate of drug-likeness (QED) is 0.869. The van der Waals surface area contributed by atoms with Gasteiger partial charge in [-0.1, -0.05) is 26.7 Å². The van der Waals surface area contributed by atoms with Gasteiger partial charge in [0, 0.05) is 30.5 Å². The molecule has 1 amide bonds. The number of hydrogen-bond acceptors (Lipinski definition) is 3. The second kappa shape index (κ2) is 5.24. The summed E-state index contributed by atoms with van der Waals surface area (Å²) in [5.41, 5.74) is 5.75. The van der Waals surface area contributed by atoms with Crippen LogP contribution in [-0.2, 0) is 9.53 Å². The van der Waals surface area contributed by atoms with E-state index in [0.29, 0.717) is 6.04 Å². The van der Waals surface area contributed by atoms with Gasteiger partial charge in [0.25, 0.3) is 0 Å². The average Bonchev–Trinajstić information content (AvgIpc) is 3.01. The van der Waals surface area contributed by atoms with Gasteiger partial charge in [-0.2, -0.15) is 0 Å². The average molecular weight is 294 g/mol. The van der Waals surface area contributed by atoms with Gasteiger partial charge >= 0.3 is 0 Å². The van der Waals surface area contributed by atoms with E-state index in [0.717, 1.165) is 38.8 Å². The van der Waals surface area contributed by atoms with Crippen LogP contribution in [0.15, 0.2) is 0 Å². The molecule has 1 heterocycles. The second-order valence-corrected chi connectivity index (χ2v) is 7.66. The third-order valence-electron chi connectivity index (χ3n) is 6.41. The number of nitrogens with zero attached hydrogens (tertiary/aromatic N) is 1. The van der Waals surface area contributed by atoms with Gasteiger partial charge < -0.3 is 15.4 Å². The Morgan fingerprint density at radius 2 is 1.90 bits per heavy atom. The largest absolute Gasteiger partial charge is 0.377 e. The summed E-state index contributed by atoms with van der Waals surface area (Å²) < 4.78 is 5.93. The molecule has 3 fully saturated rings. The molecule has 0 aromatic heterocycles. The van der Waals surface area contributed by atoms with Gasteiger partial charge in [0.05, 0.1) is 6.10 Å². The zero-order valence-corrected chi connectivity index (χ0v) is 13.7. The molecule has 1 aliphatic heterocycles. The number of rotatable bonds is 3. The number of hydrogen-bond donors (Lipinski definition) is 1. The van der Waals surface area contributed by atoms with E-state index in [9.17, 15) is 4.79 Å². The third-order valence-corrected chi connectivity index (χ3v) is 6.41. The predicted octanol–water partition coefficient (Wildman–Crippen LogP) is 2.31. The van der Waals surface area contributed by atoms with Crippen LogP contribution in [0.25, 0.3) is 0 Å². The summed E-state index contributed by atoms with van der Waals surface area (Å²) >= 11 is 0. The fourth-order valence-corrected chi connectivity index (χ4v) is 5.03. The number of amides is 1. The smallest absolute Gasteiger partial charge is 0.243 e. The first-order chi connectivity index (χ1) is 9.94. The van der Waals surface area contributed by atoms with E-state index >= 15 is 0 Å². The molecule has 0 bridgehead atoms. The van der Waals surface area contributed by atoms with Crippen molar-refractivity contribution in [2.24, 2.45) is 17.1 Å². The predicted molar refractivity (Wildman–Crippen MR) is 82.8 cm³/mol. The Bertz CT molecular complexity index is 417. The molecule has 1 saturated heterocycles. The van der Waals surface area contributed by atoms with E-state index in [4.69, 9.17) is 10.5 Å². The van der Waals surface area contributed by atoms with Crippen LogP contribution in [0.3, 0.4) is 0 Å². The third kappa shape index (κ3) is 1.98. The van der Waals surface area contributed by atoms with Crippen molar-refractivity contribution in [1.29, 1.82) is 0 Å². The van der Waals surface area contributed by atoms with E-state index in [1.165, 1.54) is 12.8 Å². The van der Waals surface area contributed by atoms with Gasteiger partial charge in [-0.25, -0.2) is 0 Å². The van der Waals surface area contributed by atoms with E-state index in [-0.39, 0.29) is 23.3 Å². The molecule has 2 saturated carbocycles. The van der Waals surface area contributed by atoms with Gasteiger partial charge in [0.1, 0.15) is 5.54 Å². The van der Waals surface area contributed by atoms with Crippen LogP contribution in [0.5, 0.6) is 0 Å². The fourth-order valence-electron chi connectivity index (χ4n) is 5.03. The summed E-state index contributed by atoms with van der Waals surface area (Å²) in [4.78, 5) is 15.4. The number of ether oxygens (including phenoxy) is 1. The van der Waals surface area contributed by atoms with Crippen LogP contribution in [0, 0.1) is 11.3 Å². The summed E-state index contributed by atoms with van der Waals surface area (Å²) in [6.07, 6.45) is 6.97. The highest BCUT2D eigenvalue weighted by molar-refractivity contribution is 5.90. The number of carbonyl (C=O) groups is 1. The van der Waals surface area contributed by atoms with E-state index in [1.54, 1.807) is 0 Å². The molecular weight excluding hydrogens is 264 g/mol. The summed E-state index contributed by atoms with van der Waals surface area (Å²) in [6, 6.07) is 0.405. The molecule has 2 aliphatic carbocycles. The molecule has 0 radical (unpaired) electrons. The number of carbonyl (C=O) groups excluding carboxylic acids is 1. The van der Waals surface area contributed by atoms with Crippen molar-refractivity contribution in [3.05, 3.63) is 0 Å². The topological polar surface area (TPSA) is 55.6 Å². The van der Waals surface area contributed by atoms with Crippen LogP contribution < -0.4 is 5.73 Å². The normalized spacial score (nSPS) is 38.7. The summed E-state index contributed by atoms with van der Waals surface area (Å²) in [7, 11) is 0. The summed E-state index contributed by atoms with van der Waals surface area (Å²) in [5, 5.41) is 0. The first kappa shape index (κ1) is 15.3. The minimum absolute atomic E-state index is 0.155. The first-order valence-electron chi connectivity index (χ1n) is 8.66. The molecule has 2 N–H and O–H groups in total. The highest BCUT2D eigenvalue weighted by Crippen LogP contribution is 2.58. The van der Waals surface area contributed by atoms with Gasteiger partial charge in [0.15, 0.2) is 0 Å². The zero-order valence-electron chi connectivity index (χ0n) is 13.7. The van der Waals surface area contributed by atoms with Crippen LogP contribution in [0.2, 0.25) is 0 Å². The number of fused-ring (bicyclic) bond motifs is 1. The SMILES string of the molecule is CCN(C(=O)C1(N)C2CCCOC2C1(C)C)C1CCCC1. The standard InChI is InChI=1S/C17H30N2O2/c1-4-19(12-8-5-6-9-12)15(20)17(18)13-10-7-11-21-14(13)16(17,2)3/h12-14H,4-11,18H2,1-3H3. The Hall–Kier alpha value is -0.610. The molecule has 3 rings (SSSR count). The molecule has 4 heteroatoms. The monoisotopic (exact) mass is 294 g/mol. The molecule has 21 heavy (non-hydrogen) atoms. The van der Waals surface area contributed by atoms with Gasteiger partial charge in [-0.05, 0) is 32.6 Å². The molecule has 0 spiro atoms. The lowest BCUT2D eigenvalue weighted by atomic mass is 9.46. The Kier molecular flexibility index (Phi) is 3.81. The van der Waals surface area contributed by atoms with Crippen molar-refractivity contribution in [3.63, 3.8) is 0 Å². The van der Waals surface area contributed by atoms with Crippen molar-refractivity contribution < 1.29 is 9.53 Å². The van der Waals surface area contributed by atoms with Gasteiger partial charge in [-0.3, -0.25) is 4.79 Å². The van der Waals surface area contributed by atoms with Crippen molar-refractivity contribution in [2.75, 3.05) is 13.2 Å². The maximum absolute atomic E-state index is 13.3. The molecule has 3 unspecified atom stereocenters. The van der Waals surface area contributed by atoms with E-state index < -0.39 is 5.54 Å².